The van der Waals surface area contributed by atoms with Gasteiger partial charge in [0.1, 0.15) is 0 Å². The van der Waals surface area contributed by atoms with Crippen LogP contribution in [0.5, 0.6) is 0 Å². The summed E-state index contributed by atoms with van der Waals surface area (Å²) in [6, 6.07) is 0. The fraction of sp³-hybridized carbons (Fsp3) is 0.750. The summed E-state index contributed by atoms with van der Waals surface area (Å²) in [7, 11) is 0. The van der Waals surface area contributed by atoms with E-state index in [1.807, 2.05) is 0 Å². The Bertz CT molecular complexity index is 306. The monoisotopic (exact) mass is 314 g/mol. The number of carboxylic acid groups (broad SMARTS) is 1. The molecule has 0 heterocycles. The quantitative estimate of drug-likeness (QED) is 0.249. The molecule has 0 aromatic heterocycles. The van der Waals surface area contributed by atoms with Gasteiger partial charge in [0.25, 0.3) is 0 Å². The summed E-state index contributed by atoms with van der Waals surface area (Å²) in [6.45, 7) is 1.58. The van der Waals surface area contributed by atoms with Crippen LogP contribution in [0.1, 0.15) is 39.0 Å². The largest absolute Gasteiger partial charge is 1.00 e. The minimum absolute atomic E-state index is 0. The maximum atomic E-state index is 11.2. The van der Waals surface area contributed by atoms with Gasteiger partial charge in [0.05, 0.1) is 19.3 Å². The Kier molecular flexibility index (Phi) is 15.6. The second kappa shape index (κ2) is 14.0. The standard InChI is InChI=1S/C12H20O7.K/c1-9(13)18-6-3-5-12(17)19-7-2-4-10(14)8-11(15)16;/h10,14H,2-8H2,1H3,(H,15,16);/q;+1/p-1. The van der Waals surface area contributed by atoms with E-state index in [9.17, 15) is 24.6 Å². The SMILES string of the molecule is CC(=O)OCCCC(=O)OCCCC(O)CC(=O)[O-].[K+]. The molecule has 20 heavy (non-hydrogen) atoms. The molecule has 0 radical (unpaired) electrons. The van der Waals surface area contributed by atoms with E-state index in [4.69, 9.17) is 4.74 Å². The van der Waals surface area contributed by atoms with Crippen LogP contribution in [-0.4, -0.2) is 42.3 Å². The number of carboxylic acids is 1. The molecule has 0 aromatic carbocycles. The van der Waals surface area contributed by atoms with Crippen molar-refractivity contribution < 1.29 is 85.5 Å². The molecule has 0 aliphatic rings. The molecule has 8 heteroatoms. The third-order valence-corrected chi connectivity index (χ3v) is 2.18. The van der Waals surface area contributed by atoms with Gasteiger partial charge in [0.2, 0.25) is 0 Å². The zero-order valence-corrected chi connectivity index (χ0v) is 15.0. The number of aliphatic hydroxyl groups is 1. The maximum Gasteiger partial charge on any atom is 1.00 e. The van der Waals surface area contributed by atoms with Gasteiger partial charge in [0, 0.05) is 25.7 Å². The van der Waals surface area contributed by atoms with Crippen molar-refractivity contribution in [2.45, 2.75) is 45.1 Å². The molecule has 110 valence electrons. The predicted octanol–water partition coefficient (Wildman–Crippen LogP) is -3.84. The van der Waals surface area contributed by atoms with Gasteiger partial charge in [-0.05, 0) is 19.3 Å². The molecule has 0 saturated carbocycles. The molecule has 1 N–H and O–H groups in total. The van der Waals surface area contributed by atoms with E-state index < -0.39 is 30.4 Å². The average Bonchev–Trinajstić information content (AvgIpc) is 2.29. The number of aliphatic hydroxyl groups excluding tert-OH is 1. The van der Waals surface area contributed by atoms with E-state index in [2.05, 4.69) is 4.74 Å². The summed E-state index contributed by atoms with van der Waals surface area (Å²) in [5, 5.41) is 19.4. The van der Waals surface area contributed by atoms with Crippen molar-refractivity contribution in [3.8, 4) is 0 Å². The number of carbonyl (C=O) groups is 3. The smallest absolute Gasteiger partial charge is 0.550 e. The van der Waals surface area contributed by atoms with E-state index >= 15 is 0 Å². The fourth-order valence-corrected chi connectivity index (χ4v) is 1.30. The van der Waals surface area contributed by atoms with Gasteiger partial charge < -0.3 is 24.5 Å². The third-order valence-electron chi connectivity index (χ3n) is 2.18. The van der Waals surface area contributed by atoms with Crippen molar-refractivity contribution >= 4 is 17.9 Å². The molecule has 0 saturated heterocycles. The molecule has 0 rings (SSSR count). The second-order valence-electron chi connectivity index (χ2n) is 4.04. The van der Waals surface area contributed by atoms with Crippen LogP contribution in [-0.2, 0) is 23.9 Å². The summed E-state index contributed by atoms with van der Waals surface area (Å²) in [6.07, 6.45) is -0.247. The van der Waals surface area contributed by atoms with Gasteiger partial charge in [0.15, 0.2) is 0 Å². The summed E-state index contributed by atoms with van der Waals surface area (Å²) in [5.41, 5.74) is 0. The second-order valence-corrected chi connectivity index (χ2v) is 4.04. The van der Waals surface area contributed by atoms with Crippen molar-refractivity contribution in [1.82, 2.24) is 0 Å². The average molecular weight is 314 g/mol. The first-order valence-electron chi connectivity index (χ1n) is 6.08. The van der Waals surface area contributed by atoms with E-state index in [0.717, 1.165) is 0 Å². The van der Waals surface area contributed by atoms with Gasteiger partial charge in [-0.15, -0.1) is 0 Å². The van der Waals surface area contributed by atoms with Crippen LogP contribution in [0.15, 0.2) is 0 Å². The summed E-state index contributed by atoms with van der Waals surface area (Å²) < 4.78 is 9.50. The fourth-order valence-electron chi connectivity index (χ4n) is 1.30. The third kappa shape index (κ3) is 16.1. The van der Waals surface area contributed by atoms with Crippen LogP contribution in [0.2, 0.25) is 0 Å². The number of rotatable bonds is 10. The van der Waals surface area contributed by atoms with Gasteiger partial charge in [-0.1, -0.05) is 0 Å². The van der Waals surface area contributed by atoms with Crippen molar-refractivity contribution in [3.63, 3.8) is 0 Å². The molecule has 1 unspecified atom stereocenters. The molecule has 7 nitrogen and oxygen atoms in total. The molecular formula is C12H19KO7. The Hall–Kier alpha value is 0.00636. The van der Waals surface area contributed by atoms with Crippen LogP contribution in [0.4, 0.5) is 0 Å². The summed E-state index contributed by atoms with van der Waals surface area (Å²) >= 11 is 0. The van der Waals surface area contributed by atoms with Gasteiger partial charge in [-0.2, -0.15) is 0 Å². The van der Waals surface area contributed by atoms with Gasteiger partial charge >= 0.3 is 63.3 Å². The molecule has 1 atom stereocenters. The minimum Gasteiger partial charge on any atom is -0.550 e. The Balaban J connectivity index is 0. The van der Waals surface area contributed by atoms with E-state index in [1.165, 1.54) is 6.92 Å². The van der Waals surface area contributed by atoms with Crippen molar-refractivity contribution in [3.05, 3.63) is 0 Å². The molecule has 0 aromatic rings. The molecule has 0 spiro atoms. The van der Waals surface area contributed by atoms with Crippen LogP contribution >= 0.6 is 0 Å². The van der Waals surface area contributed by atoms with Gasteiger partial charge in [-0.3, -0.25) is 9.59 Å². The number of hydrogen-bond donors (Lipinski definition) is 1. The number of aliphatic carboxylic acids is 1. The summed E-state index contributed by atoms with van der Waals surface area (Å²) in [5.74, 6) is -2.12. The van der Waals surface area contributed by atoms with Crippen molar-refractivity contribution in [1.29, 1.82) is 0 Å². The topological polar surface area (TPSA) is 113 Å². The molecule has 0 fully saturated rings. The first-order valence-corrected chi connectivity index (χ1v) is 6.08. The molecular weight excluding hydrogens is 295 g/mol. The van der Waals surface area contributed by atoms with E-state index in [0.29, 0.717) is 12.8 Å². The zero-order valence-electron chi connectivity index (χ0n) is 11.9. The molecule has 0 aliphatic carbocycles. The normalized spacial score (nSPS) is 11.1. The number of carbonyl (C=O) groups excluding carboxylic acids is 3. The van der Waals surface area contributed by atoms with Crippen LogP contribution < -0.4 is 56.5 Å². The number of ether oxygens (including phenoxy) is 2. The van der Waals surface area contributed by atoms with Crippen molar-refractivity contribution in [2.24, 2.45) is 0 Å². The predicted molar refractivity (Wildman–Crippen MR) is 61.7 cm³/mol. The number of hydrogen-bond acceptors (Lipinski definition) is 7. The molecule has 0 amide bonds. The first kappa shape index (κ1) is 22.3. The van der Waals surface area contributed by atoms with Crippen LogP contribution in [0.25, 0.3) is 0 Å². The zero-order chi connectivity index (χ0) is 14.7. The van der Waals surface area contributed by atoms with E-state index in [1.54, 1.807) is 0 Å². The Labute approximate surface area is 160 Å². The first-order chi connectivity index (χ1) is 8.91. The molecule has 0 bridgehead atoms. The molecule has 0 aliphatic heterocycles. The minimum atomic E-state index is -1.31. The Morgan fingerprint density at radius 3 is 2.30 bits per heavy atom. The maximum absolute atomic E-state index is 11.2. The number of esters is 2. The Morgan fingerprint density at radius 1 is 1.15 bits per heavy atom. The van der Waals surface area contributed by atoms with Crippen LogP contribution in [0, 0.1) is 0 Å². The van der Waals surface area contributed by atoms with Crippen molar-refractivity contribution in [2.75, 3.05) is 13.2 Å². The summed E-state index contributed by atoms with van der Waals surface area (Å²) in [4.78, 5) is 31.8. The van der Waals surface area contributed by atoms with Gasteiger partial charge in [-0.25, -0.2) is 0 Å². The Morgan fingerprint density at radius 2 is 1.75 bits per heavy atom. The van der Waals surface area contributed by atoms with Crippen LogP contribution in [0.3, 0.4) is 0 Å². The van der Waals surface area contributed by atoms with E-state index in [-0.39, 0.29) is 77.4 Å².